The van der Waals surface area contributed by atoms with Crippen molar-refractivity contribution in [1.29, 1.82) is 0 Å². The van der Waals surface area contributed by atoms with E-state index in [-0.39, 0.29) is 6.54 Å². The molecule has 1 aromatic heterocycles. The van der Waals surface area contributed by atoms with Crippen LogP contribution in [0.25, 0.3) is 0 Å². The van der Waals surface area contributed by atoms with Gasteiger partial charge in [0.2, 0.25) is 10.0 Å². The van der Waals surface area contributed by atoms with Gasteiger partial charge >= 0.3 is 5.97 Å². The first-order valence-corrected chi connectivity index (χ1v) is 9.29. The van der Waals surface area contributed by atoms with Gasteiger partial charge in [0.25, 0.3) is 0 Å². The minimum atomic E-state index is -4.34. The van der Waals surface area contributed by atoms with E-state index in [0.29, 0.717) is 18.1 Å². The minimum absolute atomic E-state index is 0.00638. The predicted molar refractivity (Wildman–Crippen MR) is 83.0 cm³/mol. The van der Waals surface area contributed by atoms with Crippen molar-refractivity contribution in [2.24, 2.45) is 0 Å². The lowest BCUT2D eigenvalue weighted by Crippen LogP contribution is -2.43. The largest absolute Gasteiger partial charge is 0.468 e. The zero-order valence-electron chi connectivity index (χ0n) is 12.5. The molecule has 0 aliphatic carbocycles. The number of carbonyl (C=O) groups is 1. The van der Waals surface area contributed by atoms with Crippen molar-refractivity contribution in [2.45, 2.75) is 17.4 Å². The summed E-state index contributed by atoms with van der Waals surface area (Å²) in [6, 6.07) is 2.70. The summed E-state index contributed by atoms with van der Waals surface area (Å²) in [5.41, 5.74) is 0.532. The molecule has 0 radical (unpaired) electrons. The molecule has 1 unspecified atom stereocenters. The summed E-state index contributed by atoms with van der Waals surface area (Å²) >= 11 is 1.42. The highest BCUT2D eigenvalue weighted by atomic mass is 32.2. The summed E-state index contributed by atoms with van der Waals surface area (Å²) in [5.74, 6) is -2.83. The molecule has 5 nitrogen and oxygen atoms in total. The first-order chi connectivity index (χ1) is 11.4. The second-order valence-corrected chi connectivity index (χ2v) is 8.02. The van der Waals surface area contributed by atoms with Crippen LogP contribution in [0.5, 0.6) is 0 Å². The van der Waals surface area contributed by atoms with Gasteiger partial charge in [0.1, 0.15) is 22.6 Å². The molecular weight excluding hydrogens is 360 g/mol. The highest BCUT2D eigenvalue weighted by molar-refractivity contribution is 7.89. The summed E-state index contributed by atoms with van der Waals surface area (Å²) in [6.45, 7) is 0.00638. The summed E-state index contributed by atoms with van der Waals surface area (Å²) < 4.78 is 58.4. The van der Waals surface area contributed by atoms with Crippen molar-refractivity contribution in [2.75, 3.05) is 13.7 Å². The molecule has 0 N–H and O–H groups in total. The molecule has 1 aliphatic rings. The molecule has 0 fully saturated rings. The lowest BCUT2D eigenvalue weighted by atomic mass is 10.0. The molecule has 0 spiro atoms. The molecule has 0 saturated carbocycles. The van der Waals surface area contributed by atoms with Gasteiger partial charge in [0.15, 0.2) is 0 Å². The first-order valence-electron chi connectivity index (χ1n) is 6.97. The molecule has 3 rings (SSSR count). The van der Waals surface area contributed by atoms with E-state index in [1.165, 1.54) is 11.3 Å². The standard InChI is InChI=1S/C15H13F2NO4S2/c1-22-15(19)14-10-5-7-23-12(10)4-6-18(14)24(20,21)13-3-2-9(16)8-11(13)17/h2-3,5,7-8,14H,4,6H2,1H3. The van der Waals surface area contributed by atoms with Gasteiger partial charge in [-0.05, 0) is 35.6 Å². The number of hydrogen-bond donors (Lipinski definition) is 0. The third kappa shape index (κ3) is 2.72. The van der Waals surface area contributed by atoms with Crippen LogP contribution in [0, 0.1) is 11.6 Å². The van der Waals surface area contributed by atoms with E-state index < -0.39 is 38.6 Å². The molecule has 2 aromatic rings. The van der Waals surface area contributed by atoms with Crippen LogP contribution >= 0.6 is 11.3 Å². The molecule has 128 valence electrons. The van der Waals surface area contributed by atoms with Crippen molar-refractivity contribution in [3.8, 4) is 0 Å². The highest BCUT2D eigenvalue weighted by Crippen LogP contribution is 2.37. The second-order valence-electron chi connectivity index (χ2n) is 5.17. The molecule has 2 heterocycles. The molecule has 1 aliphatic heterocycles. The maximum absolute atomic E-state index is 14.0. The van der Waals surface area contributed by atoms with Gasteiger partial charge in [-0.15, -0.1) is 11.3 Å². The number of methoxy groups -OCH3 is 1. The average Bonchev–Trinajstić information content (AvgIpc) is 3.01. The topological polar surface area (TPSA) is 63.7 Å². The smallest absolute Gasteiger partial charge is 0.328 e. The van der Waals surface area contributed by atoms with E-state index in [1.807, 2.05) is 0 Å². The number of benzene rings is 1. The van der Waals surface area contributed by atoms with Crippen molar-refractivity contribution in [1.82, 2.24) is 4.31 Å². The zero-order valence-corrected chi connectivity index (χ0v) is 14.2. The molecule has 1 atom stereocenters. The van der Waals surface area contributed by atoms with Gasteiger partial charge in [0, 0.05) is 17.5 Å². The monoisotopic (exact) mass is 373 g/mol. The van der Waals surface area contributed by atoms with Crippen LogP contribution < -0.4 is 0 Å². The number of fused-ring (bicyclic) bond motifs is 1. The quantitative estimate of drug-likeness (QED) is 0.776. The number of hydrogen-bond acceptors (Lipinski definition) is 5. The van der Waals surface area contributed by atoms with E-state index in [0.717, 1.165) is 28.4 Å². The normalized spacial score (nSPS) is 18.2. The van der Waals surface area contributed by atoms with Gasteiger partial charge < -0.3 is 4.74 Å². The Morgan fingerprint density at radius 3 is 2.75 bits per heavy atom. The Bertz CT molecular complexity index is 895. The van der Waals surface area contributed by atoms with Crippen LogP contribution in [0.4, 0.5) is 8.78 Å². The average molecular weight is 373 g/mol. The lowest BCUT2D eigenvalue weighted by Gasteiger charge is -2.33. The summed E-state index contributed by atoms with van der Waals surface area (Å²) in [7, 11) is -3.18. The number of carbonyl (C=O) groups excluding carboxylic acids is 1. The van der Waals surface area contributed by atoms with Gasteiger partial charge in [-0.1, -0.05) is 0 Å². The van der Waals surface area contributed by atoms with Gasteiger partial charge in [-0.2, -0.15) is 4.31 Å². The Balaban J connectivity index is 2.11. The SMILES string of the molecule is COC(=O)C1c2ccsc2CCN1S(=O)(=O)c1ccc(F)cc1F. The number of rotatable bonds is 3. The molecule has 0 bridgehead atoms. The van der Waals surface area contributed by atoms with Gasteiger partial charge in [0.05, 0.1) is 7.11 Å². The van der Waals surface area contributed by atoms with E-state index in [9.17, 15) is 22.0 Å². The second kappa shape index (κ2) is 6.23. The van der Waals surface area contributed by atoms with Crippen LogP contribution in [-0.4, -0.2) is 32.3 Å². The third-order valence-corrected chi connectivity index (χ3v) is 6.72. The fourth-order valence-electron chi connectivity index (χ4n) is 2.72. The Kier molecular flexibility index (Phi) is 4.41. The Labute approximate surface area is 141 Å². The lowest BCUT2D eigenvalue weighted by molar-refractivity contribution is -0.145. The van der Waals surface area contributed by atoms with E-state index in [4.69, 9.17) is 4.74 Å². The Morgan fingerprint density at radius 2 is 2.08 bits per heavy atom. The first kappa shape index (κ1) is 17.0. The van der Waals surface area contributed by atoms with Crippen LogP contribution in [0.1, 0.15) is 16.5 Å². The maximum atomic E-state index is 14.0. The van der Waals surface area contributed by atoms with Crippen molar-refractivity contribution in [3.63, 3.8) is 0 Å². The van der Waals surface area contributed by atoms with Gasteiger partial charge in [-0.25, -0.2) is 22.0 Å². The number of sulfonamides is 1. The predicted octanol–water partition coefficient (Wildman–Crippen LogP) is 2.49. The summed E-state index contributed by atoms with van der Waals surface area (Å²) in [5, 5.41) is 1.76. The third-order valence-electron chi connectivity index (χ3n) is 3.83. The van der Waals surface area contributed by atoms with Crippen LogP contribution in [0.3, 0.4) is 0 Å². The maximum Gasteiger partial charge on any atom is 0.328 e. The number of ether oxygens (including phenoxy) is 1. The molecule has 24 heavy (non-hydrogen) atoms. The van der Waals surface area contributed by atoms with Crippen molar-refractivity contribution in [3.05, 3.63) is 51.7 Å². The number of thiophene rings is 1. The van der Waals surface area contributed by atoms with E-state index in [2.05, 4.69) is 0 Å². The molecule has 1 aromatic carbocycles. The van der Waals surface area contributed by atoms with Gasteiger partial charge in [-0.3, -0.25) is 0 Å². The molecule has 0 amide bonds. The zero-order chi connectivity index (χ0) is 17.5. The van der Waals surface area contributed by atoms with Crippen LogP contribution in [0.15, 0.2) is 34.5 Å². The van der Waals surface area contributed by atoms with Crippen molar-refractivity contribution < 1.29 is 26.7 Å². The number of nitrogens with zero attached hydrogens (tertiary/aromatic N) is 1. The van der Waals surface area contributed by atoms with E-state index in [1.54, 1.807) is 11.4 Å². The molecule has 0 saturated heterocycles. The minimum Gasteiger partial charge on any atom is -0.468 e. The summed E-state index contributed by atoms with van der Waals surface area (Å²) in [4.78, 5) is 12.4. The van der Waals surface area contributed by atoms with E-state index >= 15 is 0 Å². The summed E-state index contributed by atoms with van der Waals surface area (Å²) in [6.07, 6.45) is 0.405. The molecular formula is C15H13F2NO4S2. The molecule has 9 heteroatoms. The Hall–Kier alpha value is -1.84. The van der Waals surface area contributed by atoms with Crippen molar-refractivity contribution >= 4 is 27.3 Å². The Morgan fingerprint density at radius 1 is 1.33 bits per heavy atom. The number of esters is 1. The highest BCUT2D eigenvalue weighted by Gasteiger charge is 2.42. The fraction of sp³-hybridized carbons (Fsp3) is 0.267. The van der Waals surface area contributed by atoms with Crippen LogP contribution in [-0.2, 0) is 26.0 Å². The van der Waals surface area contributed by atoms with Crippen LogP contribution in [0.2, 0.25) is 0 Å². The number of halogens is 2. The fourth-order valence-corrected chi connectivity index (χ4v) is 5.23.